The normalized spacial score (nSPS) is 17.2. The molecule has 2 saturated heterocycles. The van der Waals surface area contributed by atoms with E-state index in [-0.39, 0.29) is 24.1 Å². The number of thiazole rings is 1. The summed E-state index contributed by atoms with van der Waals surface area (Å²) in [4.78, 5) is 68.2. The third-order valence-corrected chi connectivity index (χ3v) is 13.6. The summed E-state index contributed by atoms with van der Waals surface area (Å²) in [5.41, 5.74) is 6.53. The number of nitrogens with zero attached hydrogens (tertiary/aromatic N) is 5. The summed E-state index contributed by atoms with van der Waals surface area (Å²) in [5, 5.41) is 14.0. The van der Waals surface area contributed by atoms with Crippen LogP contribution in [-0.2, 0) is 16.0 Å². The molecular weight excluding hydrogens is 877 g/mol. The van der Waals surface area contributed by atoms with Crippen LogP contribution in [0.1, 0.15) is 87.5 Å². The van der Waals surface area contributed by atoms with Crippen LogP contribution in [0.15, 0.2) is 109 Å². The minimum absolute atomic E-state index is 0.0281. The van der Waals surface area contributed by atoms with Gasteiger partial charge in [0.15, 0.2) is 11.5 Å². The first-order valence-electron chi connectivity index (χ1n) is 23.0. The van der Waals surface area contributed by atoms with Crippen LogP contribution in [0, 0.1) is 25.8 Å². The van der Waals surface area contributed by atoms with Crippen molar-refractivity contribution in [3.63, 3.8) is 0 Å². The summed E-state index contributed by atoms with van der Waals surface area (Å²) in [7, 11) is 0. The number of hydrogen-bond acceptors (Lipinski definition) is 10. The molecule has 2 aliphatic rings. The number of β-amino-alcohol motifs (C(OH)–C–C–N with tert-alkyl or cyclic N) is 1. The number of anilines is 2. The lowest BCUT2D eigenvalue weighted by atomic mass is 9.84. The molecule has 13 nitrogen and oxygen atoms in total. The van der Waals surface area contributed by atoms with Crippen molar-refractivity contribution in [2.45, 2.75) is 104 Å². The van der Waals surface area contributed by atoms with Crippen LogP contribution >= 0.6 is 11.3 Å². The molecule has 0 bridgehead atoms. The van der Waals surface area contributed by atoms with E-state index in [1.54, 1.807) is 98.8 Å². The van der Waals surface area contributed by atoms with Crippen molar-refractivity contribution in [1.29, 1.82) is 0 Å². The van der Waals surface area contributed by atoms with E-state index in [2.05, 4.69) is 46.0 Å². The molecule has 2 aliphatic heterocycles. The second kappa shape index (κ2) is 20.6. The molecular formula is C54H60N6O7S. The molecule has 0 aliphatic carbocycles. The zero-order valence-corrected chi connectivity index (χ0v) is 40.7. The number of carbonyl (C=O) groups is 4. The van der Waals surface area contributed by atoms with Crippen LogP contribution < -0.4 is 24.6 Å². The molecule has 3 atom stereocenters. The Kier molecular flexibility index (Phi) is 14.9. The Balaban J connectivity index is 0.878. The number of urea groups is 1. The van der Waals surface area contributed by atoms with Gasteiger partial charge in [0.2, 0.25) is 0 Å². The zero-order valence-electron chi connectivity index (χ0n) is 39.9. The molecule has 5 aromatic rings. The fourth-order valence-electron chi connectivity index (χ4n) is 8.82. The average molecular weight is 937 g/mol. The smallest absolute Gasteiger partial charge is 0.336 e. The van der Waals surface area contributed by atoms with E-state index < -0.39 is 35.2 Å². The van der Waals surface area contributed by atoms with Crippen molar-refractivity contribution in [2.75, 3.05) is 29.6 Å². The minimum atomic E-state index is -1.14. The number of aryl methyl sites for hydroxylation is 3. The lowest BCUT2D eigenvalue weighted by molar-refractivity contribution is -0.123. The van der Waals surface area contributed by atoms with E-state index in [9.17, 15) is 24.3 Å². The number of aromatic nitrogens is 1. The number of carbonyl (C=O) groups excluding carboxylic acids is 4. The average Bonchev–Trinajstić information content (AvgIpc) is 3.98. The second-order valence-corrected chi connectivity index (χ2v) is 19.9. The number of nitrogens with one attached hydrogen (secondary N) is 1. The Labute approximate surface area is 403 Å². The highest BCUT2D eigenvalue weighted by Gasteiger charge is 2.52. The maximum atomic E-state index is 13.8. The molecule has 2 fully saturated rings. The molecule has 14 heteroatoms. The van der Waals surface area contributed by atoms with E-state index in [0.717, 1.165) is 26.6 Å². The van der Waals surface area contributed by atoms with Crippen molar-refractivity contribution < 1.29 is 33.8 Å². The van der Waals surface area contributed by atoms with Gasteiger partial charge in [0.25, 0.3) is 11.8 Å². The highest BCUT2D eigenvalue weighted by Crippen LogP contribution is 2.38. The highest BCUT2D eigenvalue weighted by molar-refractivity contribution is 7.13. The number of likely N-dealkylation sites (tertiary alicyclic amines) is 1. The molecule has 0 saturated carbocycles. The van der Waals surface area contributed by atoms with Crippen molar-refractivity contribution in [2.24, 2.45) is 5.41 Å². The number of amides is 4. The largest absolute Gasteiger partial charge is 0.494 e. The van der Waals surface area contributed by atoms with Crippen LogP contribution in [0.2, 0.25) is 0 Å². The Morgan fingerprint density at radius 2 is 1.63 bits per heavy atom. The van der Waals surface area contributed by atoms with Gasteiger partial charge in [-0.1, -0.05) is 63.7 Å². The number of ether oxygens (including phenoxy) is 2. The fraction of sp³-hybridized carbons (Fsp3) is 0.370. The first-order valence-corrected chi connectivity index (χ1v) is 23.8. The maximum Gasteiger partial charge on any atom is 0.336 e. The third-order valence-electron chi connectivity index (χ3n) is 12.6. The molecule has 7 rings (SSSR count). The summed E-state index contributed by atoms with van der Waals surface area (Å²) < 4.78 is 12.0. The Bertz CT molecular complexity index is 2720. The topological polar surface area (TPSA) is 146 Å². The Hall–Kier alpha value is -6.82. The van der Waals surface area contributed by atoms with Gasteiger partial charge in [0.05, 0.1) is 59.7 Å². The van der Waals surface area contributed by atoms with Crippen molar-refractivity contribution in [3.05, 3.63) is 143 Å². The quantitative estimate of drug-likeness (QED) is 0.0498. The van der Waals surface area contributed by atoms with Gasteiger partial charge in [-0.2, -0.15) is 0 Å². The lowest BCUT2D eigenvalue weighted by Gasteiger charge is -2.39. The van der Waals surface area contributed by atoms with Gasteiger partial charge < -0.3 is 24.8 Å². The summed E-state index contributed by atoms with van der Waals surface area (Å²) in [6.45, 7) is 26.0. The number of hydrogen-bond donors (Lipinski definition) is 2. The molecule has 0 radical (unpaired) electrons. The van der Waals surface area contributed by atoms with Gasteiger partial charge in [0.1, 0.15) is 17.0 Å². The first-order chi connectivity index (χ1) is 32.4. The molecule has 3 heterocycles. The number of Topliss-reactive ketones (excluding diaryl/α,β-unsaturated/α-hetero) is 1. The molecule has 68 heavy (non-hydrogen) atoms. The number of benzene rings is 4. The summed E-state index contributed by atoms with van der Waals surface area (Å²) in [6.07, 6.45) is 1.88. The SMILES string of the molecule is [C-]#[N+]c1ccc(N2C(=O)N(c3ccc(OCCCCOc4cccc(C(=O)N[C@H](C(=C)N5C[C@H](O)CC5C(=O)CCc5ccc(-c6scnc6C)cc5)C(C)(C)C)c4)cc3)C(C)(C)C2=O)cc1C. The van der Waals surface area contributed by atoms with Crippen molar-refractivity contribution in [1.82, 2.24) is 15.2 Å². The second-order valence-electron chi connectivity index (χ2n) is 19.1. The number of unbranched alkanes of at least 4 members (excludes halogenated alkanes) is 1. The van der Waals surface area contributed by atoms with Gasteiger partial charge in [-0.3, -0.25) is 19.3 Å². The van der Waals surface area contributed by atoms with Crippen LogP contribution in [-0.4, -0.2) is 82.1 Å². The van der Waals surface area contributed by atoms with E-state index >= 15 is 0 Å². The van der Waals surface area contributed by atoms with Crippen molar-refractivity contribution >= 4 is 52.0 Å². The van der Waals surface area contributed by atoms with Crippen LogP contribution in [0.25, 0.3) is 15.3 Å². The van der Waals surface area contributed by atoms with E-state index in [1.807, 2.05) is 38.1 Å². The lowest BCUT2D eigenvalue weighted by Crippen LogP contribution is -2.50. The number of ketones is 1. The van der Waals surface area contributed by atoms with Gasteiger partial charge in [-0.15, -0.1) is 11.3 Å². The number of imide groups is 1. The van der Waals surface area contributed by atoms with Gasteiger partial charge in [-0.05, 0) is 124 Å². The molecule has 1 unspecified atom stereocenters. The summed E-state index contributed by atoms with van der Waals surface area (Å²) in [6, 6.07) is 25.7. The Morgan fingerprint density at radius 1 is 0.956 bits per heavy atom. The predicted molar refractivity (Wildman–Crippen MR) is 267 cm³/mol. The van der Waals surface area contributed by atoms with Crippen LogP contribution in [0.4, 0.5) is 21.9 Å². The van der Waals surface area contributed by atoms with Gasteiger partial charge >= 0.3 is 6.03 Å². The van der Waals surface area contributed by atoms with Crippen LogP contribution in [0.3, 0.4) is 0 Å². The maximum absolute atomic E-state index is 13.8. The van der Waals surface area contributed by atoms with Gasteiger partial charge in [0, 0.05) is 36.3 Å². The zero-order chi connectivity index (χ0) is 48.9. The Morgan fingerprint density at radius 3 is 2.26 bits per heavy atom. The number of rotatable bonds is 18. The summed E-state index contributed by atoms with van der Waals surface area (Å²) >= 11 is 1.61. The predicted octanol–water partition coefficient (Wildman–Crippen LogP) is 10.3. The van der Waals surface area contributed by atoms with E-state index in [0.29, 0.717) is 90.7 Å². The molecule has 354 valence electrons. The minimum Gasteiger partial charge on any atom is -0.494 e. The van der Waals surface area contributed by atoms with E-state index in [1.165, 1.54) is 4.90 Å². The highest BCUT2D eigenvalue weighted by atomic mass is 32.1. The number of aliphatic hydroxyl groups is 1. The standard InChI is InChI=1S/C54H60N6O7S/c1-34-29-41(22-25-45(34)55-9)59-51(64)54(7,8)60(52(59)65)40-20-23-43(24-21-40)66-27-10-11-28-67-44-14-12-13-39(30-44)50(63)57-49(53(4,5)6)36(3)58-32-42(61)31-46(58)47(62)26-17-37-15-18-38(19-16-37)48-35(2)56-33-68-48/h12-16,18-25,29-30,33,42,46,49,61H,3,10-11,17,26-28,31-32H2,1-2,4-8H3,(H,57,63)/t42-,46?,49-/m1/s1. The first kappa shape index (κ1) is 49.1. The molecule has 2 N–H and O–H groups in total. The molecule has 1 aromatic heterocycles. The third kappa shape index (κ3) is 10.8. The number of aliphatic hydroxyl groups excluding tert-OH is 1. The van der Waals surface area contributed by atoms with Gasteiger partial charge in [-0.25, -0.2) is 19.5 Å². The fourth-order valence-corrected chi connectivity index (χ4v) is 9.63. The molecule has 4 amide bonds. The molecule has 0 spiro atoms. The summed E-state index contributed by atoms with van der Waals surface area (Å²) in [5.74, 6) is 0.530. The van der Waals surface area contributed by atoms with Crippen LogP contribution in [0.5, 0.6) is 11.5 Å². The van der Waals surface area contributed by atoms with Crippen molar-refractivity contribution in [3.8, 4) is 21.9 Å². The monoisotopic (exact) mass is 936 g/mol. The molecule has 4 aromatic carbocycles. The van der Waals surface area contributed by atoms with E-state index in [4.69, 9.17) is 16.0 Å².